The van der Waals surface area contributed by atoms with E-state index in [-0.39, 0.29) is 0 Å². The van der Waals surface area contributed by atoms with Gasteiger partial charge in [-0.2, -0.15) is 9.97 Å². The molecule has 3 N–H and O–H groups in total. The van der Waals surface area contributed by atoms with Crippen molar-refractivity contribution in [3.63, 3.8) is 0 Å². The van der Waals surface area contributed by atoms with Crippen molar-refractivity contribution < 1.29 is 14.0 Å². The van der Waals surface area contributed by atoms with Crippen molar-refractivity contribution in [2.75, 3.05) is 52.0 Å². The molecular formula is C14H26N5O2+. The Bertz CT molecular complexity index is 471. The average Bonchev–Trinajstić information content (AvgIpc) is 2.50. The van der Waals surface area contributed by atoms with Crippen molar-refractivity contribution in [3.05, 3.63) is 0 Å². The fraction of sp³-hybridized carbons (Fsp3) is 0.714. The van der Waals surface area contributed by atoms with Crippen molar-refractivity contribution in [1.82, 2.24) is 9.97 Å². The van der Waals surface area contributed by atoms with Crippen LogP contribution in [0.5, 0.6) is 11.8 Å². The average molecular weight is 296 g/mol. The second kappa shape index (κ2) is 6.34. The van der Waals surface area contributed by atoms with Gasteiger partial charge in [0.25, 0.3) is 0 Å². The Balaban J connectivity index is 1.88. The topological polar surface area (TPSA) is 82.3 Å². The Morgan fingerprint density at radius 2 is 1.90 bits per heavy atom. The van der Waals surface area contributed by atoms with Gasteiger partial charge in [0.1, 0.15) is 0 Å². The Morgan fingerprint density at radius 3 is 2.33 bits per heavy atom. The number of nitrogens with one attached hydrogen (secondary N) is 1. The van der Waals surface area contributed by atoms with Gasteiger partial charge in [-0.1, -0.05) is 0 Å². The van der Waals surface area contributed by atoms with E-state index in [4.69, 9.17) is 15.2 Å². The maximum absolute atomic E-state index is 5.82. The quantitative estimate of drug-likeness (QED) is 0.579. The Labute approximate surface area is 126 Å². The lowest BCUT2D eigenvalue weighted by Crippen LogP contribution is -2.61. The highest BCUT2D eigenvalue weighted by molar-refractivity contribution is 5.58. The fourth-order valence-corrected chi connectivity index (χ4v) is 2.62. The number of likely N-dealkylation sites (tertiary alicyclic amines) is 1. The predicted octanol–water partition coefficient (Wildman–Crippen LogP) is 1.12. The second-order valence-electron chi connectivity index (χ2n) is 5.82. The molecule has 21 heavy (non-hydrogen) atoms. The number of hydrogen-bond donors (Lipinski definition) is 2. The van der Waals surface area contributed by atoms with Gasteiger partial charge >= 0.3 is 0 Å². The summed E-state index contributed by atoms with van der Waals surface area (Å²) in [5.41, 5.74) is 6.14. The van der Waals surface area contributed by atoms with E-state index in [0.29, 0.717) is 23.4 Å². The number of nitrogen functional groups attached to an aromatic ring is 1. The molecule has 1 saturated heterocycles. The lowest BCUT2D eigenvalue weighted by atomic mass is 10.0. The van der Waals surface area contributed by atoms with Gasteiger partial charge in [-0.15, -0.1) is 0 Å². The summed E-state index contributed by atoms with van der Waals surface area (Å²) in [4.78, 5) is 8.46. The molecule has 0 amide bonds. The molecule has 2 unspecified atom stereocenters. The van der Waals surface area contributed by atoms with Crippen LogP contribution >= 0.6 is 0 Å². The minimum absolute atomic E-state index is 0.318. The zero-order chi connectivity index (χ0) is 15.5. The Hall–Kier alpha value is -1.76. The zero-order valence-corrected chi connectivity index (χ0v) is 13.3. The summed E-state index contributed by atoms with van der Waals surface area (Å²) < 4.78 is 11.4. The number of anilines is 2. The summed E-state index contributed by atoms with van der Waals surface area (Å²) >= 11 is 0. The van der Waals surface area contributed by atoms with Crippen LogP contribution in [0.2, 0.25) is 0 Å². The number of methoxy groups -OCH3 is 2. The largest absolute Gasteiger partial charge is 0.479 e. The van der Waals surface area contributed by atoms with E-state index in [2.05, 4.69) is 29.3 Å². The molecule has 7 heteroatoms. The van der Waals surface area contributed by atoms with E-state index in [1.165, 1.54) is 27.2 Å². The highest BCUT2D eigenvalue weighted by Gasteiger charge is 2.37. The highest BCUT2D eigenvalue weighted by Crippen LogP contribution is 2.29. The van der Waals surface area contributed by atoms with Crippen LogP contribution in [-0.2, 0) is 0 Å². The molecular weight excluding hydrogens is 270 g/mol. The first-order chi connectivity index (χ1) is 10.00. The summed E-state index contributed by atoms with van der Waals surface area (Å²) in [5.74, 6) is 1.15. The monoisotopic (exact) mass is 296 g/mol. The van der Waals surface area contributed by atoms with Crippen molar-refractivity contribution in [2.45, 2.75) is 25.8 Å². The molecule has 7 nitrogen and oxygen atoms in total. The minimum atomic E-state index is 0.318. The number of nitrogens with zero attached hydrogens (tertiary/aromatic N) is 3. The molecule has 1 aliphatic rings. The Kier molecular flexibility index (Phi) is 4.72. The number of ether oxygens (including phenoxy) is 2. The molecule has 1 aromatic heterocycles. The fourth-order valence-electron chi connectivity index (χ4n) is 2.62. The molecule has 0 radical (unpaired) electrons. The van der Waals surface area contributed by atoms with Gasteiger partial charge in [0.05, 0.1) is 40.4 Å². The third-order valence-electron chi connectivity index (χ3n) is 4.51. The van der Waals surface area contributed by atoms with Crippen LogP contribution in [-0.4, -0.2) is 61.4 Å². The van der Waals surface area contributed by atoms with E-state index in [0.717, 1.165) is 30.0 Å². The van der Waals surface area contributed by atoms with Crippen LogP contribution < -0.4 is 20.5 Å². The van der Waals surface area contributed by atoms with E-state index < -0.39 is 0 Å². The van der Waals surface area contributed by atoms with Gasteiger partial charge in [0.2, 0.25) is 17.7 Å². The van der Waals surface area contributed by atoms with E-state index in [9.17, 15) is 0 Å². The molecule has 0 aromatic carbocycles. The van der Waals surface area contributed by atoms with Crippen molar-refractivity contribution in [1.29, 1.82) is 0 Å². The van der Waals surface area contributed by atoms with E-state index in [1.54, 1.807) is 0 Å². The van der Waals surface area contributed by atoms with Crippen molar-refractivity contribution in [2.24, 2.45) is 0 Å². The van der Waals surface area contributed by atoms with E-state index >= 15 is 0 Å². The number of quaternary nitrogens is 1. The lowest BCUT2D eigenvalue weighted by molar-refractivity contribution is -0.970. The van der Waals surface area contributed by atoms with Crippen molar-refractivity contribution in [3.8, 4) is 11.8 Å². The predicted molar refractivity (Wildman–Crippen MR) is 82.7 cm³/mol. The summed E-state index contributed by atoms with van der Waals surface area (Å²) in [6.07, 6.45) is 2.40. The van der Waals surface area contributed by atoms with Gasteiger partial charge in [-0.3, -0.25) is 0 Å². The van der Waals surface area contributed by atoms with Gasteiger partial charge in [-0.05, 0) is 6.92 Å². The first kappa shape index (κ1) is 15.6. The van der Waals surface area contributed by atoms with Crippen molar-refractivity contribution >= 4 is 11.6 Å². The van der Waals surface area contributed by atoms with Gasteiger partial charge in [-0.25, -0.2) is 0 Å². The molecule has 0 saturated carbocycles. The SMILES string of the molecule is COc1nc(NCCC[N+]2(C)CCC2C)nc(OC)c1N. The van der Waals surface area contributed by atoms with Crippen LogP contribution in [0.15, 0.2) is 0 Å². The maximum Gasteiger partial charge on any atom is 0.245 e. The molecule has 1 aromatic rings. The third-order valence-corrected chi connectivity index (χ3v) is 4.51. The second-order valence-corrected chi connectivity index (χ2v) is 5.82. The molecule has 2 heterocycles. The van der Waals surface area contributed by atoms with Gasteiger partial charge in [0, 0.05) is 19.4 Å². The number of nitrogens with two attached hydrogens (primary N) is 1. The standard InChI is InChI=1S/C14H26N5O2/c1-10-6-9-19(10,2)8-5-7-16-14-17-12(20-3)11(15)13(18-14)21-4/h10H,5-9,15H2,1-4H3,(H,16,17,18)/q+1. The molecule has 1 fully saturated rings. The molecule has 0 aliphatic carbocycles. The number of rotatable bonds is 7. The van der Waals surface area contributed by atoms with Crippen LogP contribution in [0.3, 0.4) is 0 Å². The zero-order valence-electron chi connectivity index (χ0n) is 13.3. The lowest BCUT2D eigenvalue weighted by Gasteiger charge is -2.48. The van der Waals surface area contributed by atoms with Gasteiger partial charge in [0.15, 0.2) is 5.69 Å². The third kappa shape index (κ3) is 3.29. The molecule has 2 atom stereocenters. The molecule has 0 bridgehead atoms. The van der Waals surface area contributed by atoms with Crippen LogP contribution in [0, 0.1) is 0 Å². The molecule has 2 rings (SSSR count). The Morgan fingerprint density at radius 1 is 1.29 bits per heavy atom. The number of aromatic nitrogens is 2. The smallest absolute Gasteiger partial charge is 0.245 e. The molecule has 0 spiro atoms. The minimum Gasteiger partial charge on any atom is -0.479 e. The van der Waals surface area contributed by atoms with Gasteiger partial charge < -0.3 is 25.0 Å². The first-order valence-corrected chi connectivity index (χ1v) is 7.33. The molecule has 1 aliphatic heterocycles. The summed E-state index contributed by atoms with van der Waals surface area (Å²) in [6, 6.07) is 0.776. The highest BCUT2D eigenvalue weighted by atomic mass is 16.5. The van der Waals surface area contributed by atoms with Crippen LogP contribution in [0.25, 0.3) is 0 Å². The number of hydrogen-bond acceptors (Lipinski definition) is 6. The maximum atomic E-state index is 5.82. The summed E-state index contributed by atoms with van der Waals surface area (Å²) in [7, 11) is 5.37. The summed E-state index contributed by atoms with van der Waals surface area (Å²) in [6.45, 7) is 5.57. The van der Waals surface area contributed by atoms with E-state index in [1.807, 2.05) is 0 Å². The van der Waals surface area contributed by atoms with Crippen LogP contribution in [0.1, 0.15) is 19.8 Å². The first-order valence-electron chi connectivity index (χ1n) is 7.33. The normalized spacial score (nSPS) is 24.3. The van der Waals surface area contributed by atoms with Crippen LogP contribution in [0.4, 0.5) is 11.6 Å². The summed E-state index contributed by atoms with van der Waals surface area (Å²) in [5, 5.41) is 3.21. The molecule has 118 valence electrons.